The zero-order valence-corrected chi connectivity index (χ0v) is 18.6. The summed E-state index contributed by atoms with van der Waals surface area (Å²) in [5.41, 5.74) is 7.71. The van der Waals surface area contributed by atoms with Gasteiger partial charge in [0.2, 0.25) is 5.91 Å². The standard InChI is InChI=1S/C26H25ClN2O2/c1-17-7-13-23(18(2)24(17)16-27)21-5-4-6-22(15-21)29-25(30)14-10-19-8-11-20(12-9-19)26(31)28-3/h4-15H,16H2,1-3H3,(H,28,31)(H,29,30)/b14-10+. The number of halogens is 1. The molecule has 0 saturated carbocycles. The molecule has 0 aliphatic rings. The van der Waals surface area contributed by atoms with E-state index in [9.17, 15) is 9.59 Å². The minimum absolute atomic E-state index is 0.143. The lowest BCUT2D eigenvalue weighted by Gasteiger charge is -2.14. The molecule has 31 heavy (non-hydrogen) atoms. The highest BCUT2D eigenvalue weighted by Crippen LogP contribution is 2.30. The van der Waals surface area contributed by atoms with Gasteiger partial charge in [0.05, 0.1) is 0 Å². The minimum Gasteiger partial charge on any atom is -0.355 e. The van der Waals surface area contributed by atoms with Gasteiger partial charge < -0.3 is 10.6 Å². The molecular weight excluding hydrogens is 408 g/mol. The second kappa shape index (κ2) is 10.1. The Labute approximate surface area is 188 Å². The fourth-order valence-corrected chi connectivity index (χ4v) is 3.83. The fraction of sp³-hybridized carbons (Fsp3) is 0.154. The van der Waals surface area contributed by atoms with Crippen molar-refractivity contribution in [2.24, 2.45) is 0 Å². The summed E-state index contributed by atoms with van der Waals surface area (Å²) in [6.45, 7) is 4.13. The normalized spacial score (nSPS) is 10.8. The Kier molecular flexibility index (Phi) is 7.27. The molecule has 2 amide bonds. The first kappa shape index (κ1) is 22.3. The topological polar surface area (TPSA) is 58.2 Å². The van der Waals surface area contributed by atoms with Crippen molar-refractivity contribution < 1.29 is 9.59 Å². The quantitative estimate of drug-likeness (QED) is 0.386. The molecule has 3 aromatic rings. The molecule has 0 aliphatic heterocycles. The Morgan fingerprint density at radius 3 is 2.42 bits per heavy atom. The molecule has 0 aliphatic carbocycles. The molecule has 3 aromatic carbocycles. The Balaban J connectivity index is 1.73. The van der Waals surface area contributed by atoms with Crippen molar-refractivity contribution in [1.82, 2.24) is 5.32 Å². The molecule has 0 bridgehead atoms. The molecule has 158 valence electrons. The van der Waals surface area contributed by atoms with Crippen LogP contribution in [0.4, 0.5) is 5.69 Å². The van der Waals surface area contributed by atoms with Crippen LogP contribution >= 0.6 is 11.6 Å². The predicted octanol–water partition coefficient (Wildman–Crippen LogP) is 5.72. The summed E-state index contributed by atoms with van der Waals surface area (Å²) >= 11 is 6.13. The number of anilines is 1. The molecule has 0 heterocycles. The summed E-state index contributed by atoms with van der Waals surface area (Å²) in [5.74, 6) is 0.0985. The first-order chi connectivity index (χ1) is 14.9. The van der Waals surface area contributed by atoms with Crippen molar-refractivity contribution in [3.05, 3.63) is 94.6 Å². The van der Waals surface area contributed by atoms with Crippen molar-refractivity contribution in [2.75, 3.05) is 12.4 Å². The number of alkyl halides is 1. The molecule has 2 N–H and O–H groups in total. The first-order valence-electron chi connectivity index (χ1n) is 9.99. The van der Waals surface area contributed by atoms with E-state index in [4.69, 9.17) is 11.6 Å². The Morgan fingerprint density at radius 2 is 1.74 bits per heavy atom. The smallest absolute Gasteiger partial charge is 0.251 e. The second-order valence-electron chi connectivity index (χ2n) is 7.27. The van der Waals surface area contributed by atoms with Crippen LogP contribution in [-0.2, 0) is 10.7 Å². The van der Waals surface area contributed by atoms with E-state index in [0.29, 0.717) is 11.4 Å². The molecular formula is C26H25ClN2O2. The van der Waals surface area contributed by atoms with E-state index in [2.05, 4.69) is 36.6 Å². The third-order valence-corrected chi connectivity index (χ3v) is 5.50. The van der Waals surface area contributed by atoms with Crippen LogP contribution in [-0.4, -0.2) is 18.9 Å². The van der Waals surface area contributed by atoms with E-state index in [-0.39, 0.29) is 11.8 Å². The van der Waals surface area contributed by atoms with Crippen LogP contribution in [0, 0.1) is 13.8 Å². The van der Waals surface area contributed by atoms with E-state index in [1.165, 1.54) is 11.6 Å². The third kappa shape index (κ3) is 5.41. The van der Waals surface area contributed by atoms with E-state index in [0.717, 1.165) is 33.5 Å². The van der Waals surface area contributed by atoms with Gasteiger partial charge in [0.15, 0.2) is 0 Å². The first-order valence-corrected chi connectivity index (χ1v) is 10.5. The van der Waals surface area contributed by atoms with Crippen LogP contribution in [0.5, 0.6) is 0 Å². The Bertz CT molecular complexity index is 1130. The van der Waals surface area contributed by atoms with Gasteiger partial charge in [0, 0.05) is 30.3 Å². The van der Waals surface area contributed by atoms with Crippen LogP contribution in [0.15, 0.2) is 66.7 Å². The number of amides is 2. The van der Waals surface area contributed by atoms with Gasteiger partial charge in [0.25, 0.3) is 5.91 Å². The molecule has 0 aromatic heterocycles. The predicted molar refractivity (Wildman–Crippen MR) is 128 cm³/mol. The molecule has 0 unspecified atom stereocenters. The lowest BCUT2D eigenvalue weighted by Crippen LogP contribution is -2.17. The zero-order valence-electron chi connectivity index (χ0n) is 17.8. The number of carbonyl (C=O) groups is 2. The van der Waals surface area contributed by atoms with Crippen LogP contribution in [0.3, 0.4) is 0 Å². The molecule has 0 spiro atoms. The molecule has 0 saturated heterocycles. The monoisotopic (exact) mass is 432 g/mol. The van der Waals surface area contributed by atoms with Crippen LogP contribution in [0.2, 0.25) is 0 Å². The number of benzene rings is 3. The third-order valence-electron chi connectivity index (χ3n) is 5.23. The van der Waals surface area contributed by atoms with Crippen LogP contribution < -0.4 is 10.6 Å². The SMILES string of the molecule is CNC(=O)c1ccc(/C=C/C(=O)Nc2cccc(-c3ccc(C)c(CCl)c3C)c2)cc1. The summed E-state index contributed by atoms with van der Waals surface area (Å²) in [5, 5.41) is 5.48. The van der Waals surface area contributed by atoms with Crippen molar-refractivity contribution in [3.8, 4) is 11.1 Å². The van der Waals surface area contributed by atoms with E-state index in [1.54, 1.807) is 37.4 Å². The summed E-state index contributed by atoms with van der Waals surface area (Å²) in [6.07, 6.45) is 3.19. The van der Waals surface area contributed by atoms with Crippen molar-refractivity contribution in [3.63, 3.8) is 0 Å². The highest BCUT2D eigenvalue weighted by Gasteiger charge is 2.09. The van der Waals surface area contributed by atoms with E-state index < -0.39 is 0 Å². The summed E-state index contributed by atoms with van der Waals surface area (Å²) in [4.78, 5) is 24.0. The molecule has 0 atom stereocenters. The van der Waals surface area contributed by atoms with Crippen LogP contribution in [0.1, 0.15) is 32.6 Å². The number of nitrogens with one attached hydrogen (secondary N) is 2. The van der Waals surface area contributed by atoms with Crippen molar-refractivity contribution in [1.29, 1.82) is 0 Å². The van der Waals surface area contributed by atoms with Gasteiger partial charge in [-0.25, -0.2) is 0 Å². The molecule has 5 heteroatoms. The summed E-state index contributed by atoms with van der Waals surface area (Å²) < 4.78 is 0. The summed E-state index contributed by atoms with van der Waals surface area (Å²) in [7, 11) is 1.59. The number of aryl methyl sites for hydroxylation is 1. The molecule has 4 nitrogen and oxygen atoms in total. The maximum atomic E-state index is 12.4. The average molecular weight is 433 g/mol. The number of rotatable bonds is 6. The van der Waals surface area contributed by atoms with Gasteiger partial charge in [0.1, 0.15) is 0 Å². The van der Waals surface area contributed by atoms with Gasteiger partial charge in [-0.15, -0.1) is 11.6 Å². The van der Waals surface area contributed by atoms with Crippen molar-refractivity contribution in [2.45, 2.75) is 19.7 Å². The zero-order chi connectivity index (χ0) is 22.4. The van der Waals surface area contributed by atoms with Crippen LogP contribution in [0.25, 0.3) is 17.2 Å². The number of hydrogen-bond acceptors (Lipinski definition) is 2. The Hall–Kier alpha value is -3.37. The van der Waals surface area contributed by atoms with Gasteiger partial charge in [-0.2, -0.15) is 0 Å². The molecule has 0 fully saturated rings. The van der Waals surface area contributed by atoms with E-state index in [1.807, 2.05) is 24.3 Å². The fourth-order valence-electron chi connectivity index (χ4n) is 3.42. The number of carbonyl (C=O) groups excluding carboxylic acids is 2. The van der Waals surface area contributed by atoms with Crippen molar-refractivity contribution >= 4 is 35.2 Å². The van der Waals surface area contributed by atoms with Gasteiger partial charge in [-0.05, 0) is 77.6 Å². The van der Waals surface area contributed by atoms with Gasteiger partial charge in [-0.1, -0.05) is 36.4 Å². The average Bonchev–Trinajstić information content (AvgIpc) is 2.78. The maximum absolute atomic E-state index is 12.4. The maximum Gasteiger partial charge on any atom is 0.251 e. The van der Waals surface area contributed by atoms with Gasteiger partial charge >= 0.3 is 0 Å². The van der Waals surface area contributed by atoms with E-state index >= 15 is 0 Å². The lowest BCUT2D eigenvalue weighted by atomic mass is 9.94. The molecule has 0 radical (unpaired) electrons. The Morgan fingerprint density at radius 1 is 1.00 bits per heavy atom. The van der Waals surface area contributed by atoms with Gasteiger partial charge in [-0.3, -0.25) is 9.59 Å². The highest BCUT2D eigenvalue weighted by molar-refractivity contribution is 6.17. The largest absolute Gasteiger partial charge is 0.355 e. The number of hydrogen-bond donors (Lipinski definition) is 2. The minimum atomic E-state index is -0.227. The molecule has 3 rings (SSSR count). The second-order valence-corrected chi connectivity index (χ2v) is 7.54. The highest BCUT2D eigenvalue weighted by atomic mass is 35.5. The summed E-state index contributed by atoms with van der Waals surface area (Å²) in [6, 6.07) is 19.0. The lowest BCUT2D eigenvalue weighted by molar-refractivity contribution is -0.111.